The molecule has 1 aromatic carbocycles. The van der Waals surface area contributed by atoms with E-state index in [1.165, 1.54) is 0 Å². The first-order valence-corrected chi connectivity index (χ1v) is 6.33. The second-order valence-corrected chi connectivity index (χ2v) is 5.13. The second-order valence-electron chi connectivity index (χ2n) is 4.22. The summed E-state index contributed by atoms with van der Waals surface area (Å²) in [7, 11) is 0. The summed E-state index contributed by atoms with van der Waals surface area (Å²) in [5.41, 5.74) is 2.80. The zero-order chi connectivity index (χ0) is 13.4. The number of halogens is 1. The summed E-state index contributed by atoms with van der Waals surface area (Å²) in [4.78, 5) is 12.2. The number of aromatic nitrogens is 2. The van der Waals surface area contributed by atoms with Gasteiger partial charge in [-0.2, -0.15) is 4.73 Å². The molecule has 2 rings (SSSR count). The number of rotatable bonds is 1. The van der Waals surface area contributed by atoms with Crippen LogP contribution in [-0.4, -0.2) is 9.94 Å². The Bertz CT molecular complexity index is 660. The molecule has 0 aliphatic rings. The van der Waals surface area contributed by atoms with E-state index in [1.54, 1.807) is 20.8 Å². The third-order valence-electron chi connectivity index (χ3n) is 3.13. The first-order chi connectivity index (χ1) is 8.43. The van der Waals surface area contributed by atoms with Gasteiger partial charge in [0, 0.05) is 16.3 Å². The number of hydrogen-bond donors (Lipinski definition) is 1. The van der Waals surface area contributed by atoms with E-state index in [0.717, 1.165) is 19.2 Å². The van der Waals surface area contributed by atoms with Crippen molar-refractivity contribution in [2.75, 3.05) is 0 Å². The van der Waals surface area contributed by atoms with Gasteiger partial charge in [-0.25, -0.2) is 0 Å². The molecule has 0 radical (unpaired) electrons. The van der Waals surface area contributed by atoms with E-state index in [0.29, 0.717) is 22.8 Å². The highest BCUT2D eigenvalue weighted by Crippen LogP contribution is 2.22. The van der Waals surface area contributed by atoms with Crippen molar-refractivity contribution in [1.82, 2.24) is 4.73 Å². The Morgan fingerprint density at radius 2 is 1.67 bits per heavy atom. The van der Waals surface area contributed by atoms with Gasteiger partial charge in [0.2, 0.25) is 0 Å². The van der Waals surface area contributed by atoms with Gasteiger partial charge in [0.25, 0.3) is 11.4 Å². The Morgan fingerprint density at radius 1 is 1.11 bits per heavy atom. The largest absolute Gasteiger partial charge is 0.428 e. The second kappa shape index (κ2) is 4.57. The van der Waals surface area contributed by atoms with Crippen LogP contribution in [0.25, 0.3) is 11.3 Å². The lowest BCUT2D eigenvalue weighted by atomic mass is 10.1. The summed E-state index contributed by atoms with van der Waals surface area (Å²) in [6.07, 6.45) is 0. The Morgan fingerprint density at radius 3 is 2.22 bits per heavy atom. The van der Waals surface area contributed by atoms with Gasteiger partial charge in [-0.1, -0.05) is 15.9 Å². The van der Waals surface area contributed by atoms with E-state index < -0.39 is 0 Å². The summed E-state index contributed by atoms with van der Waals surface area (Å²) >= 11 is 3.36. The predicted octanol–water partition coefficient (Wildman–Crippen LogP) is 2.99. The summed E-state index contributed by atoms with van der Waals surface area (Å²) < 4.78 is 2.86. The van der Waals surface area contributed by atoms with Crippen LogP contribution >= 0.6 is 15.9 Å². The van der Waals surface area contributed by atoms with Gasteiger partial charge in [-0.05, 0) is 38.1 Å². The predicted molar refractivity (Wildman–Crippen MR) is 72.3 cm³/mol. The fourth-order valence-electron chi connectivity index (χ4n) is 1.90. The molecule has 0 fully saturated rings. The van der Waals surface area contributed by atoms with Gasteiger partial charge in [-0.3, -0.25) is 0 Å². The average molecular weight is 310 g/mol. The van der Waals surface area contributed by atoms with Gasteiger partial charge in [0.15, 0.2) is 0 Å². The highest BCUT2D eigenvalue weighted by Gasteiger charge is 2.24. The van der Waals surface area contributed by atoms with Gasteiger partial charge in [0.1, 0.15) is 11.4 Å². The van der Waals surface area contributed by atoms with Crippen LogP contribution in [0.3, 0.4) is 0 Å². The molecule has 1 heterocycles. The maximum atomic E-state index is 12.2. The molecule has 0 unspecified atom stereocenters. The van der Waals surface area contributed by atoms with Gasteiger partial charge < -0.3 is 5.21 Å². The highest BCUT2D eigenvalue weighted by molar-refractivity contribution is 9.10. The van der Waals surface area contributed by atoms with Crippen LogP contribution < -0.4 is 4.43 Å². The molecular formula is C13H14BrN2O2+. The van der Waals surface area contributed by atoms with Crippen LogP contribution in [0.2, 0.25) is 0 Å². The van der Waals surface area contributed by atoms with Crippen molar-refractivity contribution in [3.05, 3.63) is 50.7 Å². The summed E-state index contributed by atoms with van der Waals surface area (Å²) in [5, 5.41) is 9.96. The van der Waals surface area contributed by atoms with E-state index in [4.69, 9.17) is 0 Å². The molecule has 5 heteroatoms. The van der Waals surface area contributed by atoms with Gasteiger partial charge in [-0.15, -0.1) is 0 Å². The van der Waals surface area contributed by atoms with E-state index >= 15 is 0 Å². The summed E-state index contributed by atoms with van der Waals surface area (Å²) in [6.45, 7) is 5.12. The van der Waals surface area contributed by atoms with Crippen molar-refractivity contribution >= 4 is 15.9 Å². The SMILES string of the molecule is Cc1c(C)[n+](=O)c(-c2ccc(Br)cc2)c(C)n1O. The first kappa shape index (κ1) is 12.8. The standard InChI is InChI=1S/C13H14BrN2O2/c1-8-9(2)16(18)13(10(3)15(8)17)11-4-6-12(14)7-5-11/h4-7,17H,1-3H3/q+1. The van der Waals surface area contributed by atoms with Crippen LogP contribution in [0, 0.1) is 25.7 Å². The zero-order valence-electron chi connectivity index (χ0n) is 10.4. The number of benzene rings is 1. The molecule has 0 amide bonds. The third kappa shape index (κ3) is 1.95. The lowest BCUT2D eigenvalue weighted by Crippen LogP contribution is -2.28. The Labute approximate surface area is 113 Å². The molecule has 0 aliphatic carbocycles. The van der Waals surface area contributed by atoms with Gasteiger partial charge >= 0.3 is 0 Å². The van der Waals surface area contributed by atoms with Crippen molar-refractivity contribution in [1.29, 1.82) is 0 Å². The van der Waals surface area contributed by atoms with Crippen molar-refractivity contribution in [3.63, 3.8) is 0 Å². The normalized spacial score (nSPS) is 10.7. The molecule has 0 saturated heterocycles. The first-order valence-electron chi connectivity index (χ1n) is 5.54. The van der Waals surface area contributed by atoms with Crippen molar-refractivity contribution < 1.29 is 9.63 Å². The zero-order valence-corrected chi connectivity index (χ0v) is 12.0. The molecule has 94 valence electrons. The molecule has 0 bridgehead atoms. The lowest BCUT2D eigenvalue weighted by molar-refractivity contribution is -0.493. The van der Waals surface area contributed by atoms with E-state index in [2.05, 4.69) is 15.9 Å². The molecule has 4 nitrogen and oxygen atoms in total. The smallest absolute Gasteiger partial charge is 0.292 e. The Kier molecular flexibility index (Phi) is 3.26. The monoisotopic (exact) mass is 309 g/mol. The summed E-state index contributed by atoms with van der Waals surface area (Å²) in [5.74, 6) is 0. The number of hydrogen-bond acceptors (Lipinski definition) is 2. The minimum absolute atomic E-state index is 0.466. The molecule has 1 N–H and O–H groups in total. The fraction of sp³-hybridized carbons (Fsp3) is 0.231. The Hall–Kier alpha value is -1.62. The van der Waals surface area contributed by atoms with E-state index in [9.17, 15) is 10.1 Å². The minimum Gasteiger partial charge on any atom is -0.428 e. The maximum Gasteiger partial charge on any atom is 0.292 e. The van der Waals surface area contributed by atoms with Crippen molar-refractivity contribution in [3.8, 4) is 11.3 Å². The van der Waals surface area contributed by atoms with E-state index in [-0.39, 0.29) is 0 Å². The molecule has 0 aliphatic heterocycles. The Balaban J connectivity index is 2.80. The molecule has 0 spiro atoms. The van der Waals surface area contributed by atoms with Gasteiger partial charge in [0.05, 0.1) is 9.99 Å². The van der Waals surface area contributed by atoms with Crippen LogP contribution in [0.1, 0.15) is 17.1 Å². The fourth-order valence-corrected chi connectivity index (χ4v) is 2.16. The molecule has 0 atom stereocenters. The molecular weight excluding hydrogens is 296 g/mol. The lowest BCUT2D eigenvalue weighted by Gasteiger charge is -2.07. The summed E-state index contributed by atoms with van der Waals surface area (Å²) in [6, 6.07) is 7.42. The van der Waals surface area contributed by atoms with Crippen LogP contribution in [0.4, 0.5) is 0 Å². The van der Waals surface area contributed by atoms with E-state index in [1.807, 2.05) is 24.3 Å². The molecule has 0 saturated carbocycles. The maximum absolute atomic E-state index is 12.2. The average Bonchev–Trinajstić information content (AvgIpc) is 2.36. The molecule has 1 aromatic heterocycles. The van der Waals surface area contributed by atoms with Crippen LogP contribution in [0.15, 0.2) is 28.7 Å². The number of nitrogens with zero attached hydrogens (tertiary/aromatic N) is 2. The molecule has 18 heavy (non-hydrogen) atoms. The van der Waals surface area contributed by atoms with Crippen LogP contribution in [-0.2, 0) is 0 Å². The van der Waals surface area contributed by atoms with Crippen LogP contribution in [0.5, 0.6) is 0 Å². The third-order valence-corrected chi connectivity index (χ3v) is 3.66. The van der Waals surface area contributed by atoms with Crippen molar-refractivity contribution in [2.24, 2.45) is 0 Å². The topological polar surface area (TPSA) is 48.1 Å². The van der Waals surface area contributed by atoms with Crippen molar-refractivity contribution in [2.45, 2.75) is 20.8 Å². The quantitative estimate of drug-likeness (QED) is 0.650. The minimum atomic E-state index is 0.466. The molecule has 2 aromatic rings. The highest BCUT2D eigenvalue weighted by atomic mass is 79.9.